The van der Waals surface area contributed by atoms with E-state index in [1.54, 1.807) is 9.88 Å². The van der Waals surface area contributed by atoms with Crippen LogP contribution in [-0.2, 0) is 24.2 Å². The molecule has 2 aromatic rings. The van der Waals surface area contributed by atoms with Crippen molar-refractivity contribution in [2.24, 2.45) is 0 Å². The minimum Gasteiger partial charge on any atom is -0.347 e. The zero-order valence-electron chi connectivity index (χ0n) is 14.3. The second-order valence-electron chi connectivity index (χ2n) is 6.53. The van der Waals surface area contributed by atoms with Crippen molar-refractivity contribution in [2.75, 3.05) is 6.54 Å². The molecule has 2 N–H and O–H groups in total. The number of aromatic amines is 1. The summed E-state index contributed by atoms with van der Waals surface area (Å²) in [4.78, 5) is 14.7. The molecule has 1 aliphatic rings. The fraction of sp³-hybridized carbons (Fsp3) is 0.412. The summed E-state index contributed by atoms with van der Waals surface area (Å²) in [6, 6.07) is 2.20. The van der Waals surface area contributed by atoms with Gasteiger partial charge < -0.3 is 14.9 Å². The lowest BCUT2D eigenvalue weighted by molar-refractivity contribution is -0.138. The van der Waals surface area contributed by atoms with E-state index in [2.05, 4.69) is 4.98 Å². The number of alkyl halides is 3. The molecule has 0 saturated carbocycles. The van der Waals surface area contributed by atoms with Crippen LogP contribution < -0.4 is 5.32 Å². The normalized spacial score (nSPS) is 16.3. The van der Waals surface area contributed by atoms with Gasteiger partial charge in [0.1, 0.15) is 18.2 Å². The Kier molecular flexibility index (Phi) is 5.81. The number of H-pyrrole nitrogens is 1. The van der Waals surface area contributed by atoms with Gasteiger partial charge in [-0.15, -0.1) is 0 Å². The van der Waals surface area contributed by atoms with E-state index in [-0.39, 0.29) is 29.3 Å². The second-order valence-corrected chi connectivity index (χ2v) is 7.32. The number of imidazole rings is 1. The third-order valence-electron chi connectivity index (χ3n) is 4.60. The molecular weight excluding hydrogens is 425 g/mol. The highest BCUT2D eigenvalue weighted by Crippen LogP contribution is 2.36. The molecule has 4 nitrogen and oxygen atoms in total. The van der Waals surface area contributed by atoms with Gasteiger partial charge in [-0.3, -0.25) is 4.79 Å². The first-order valence-electron chi connectivity index (χ1n) is 8.34. The monoisotopic (exact) mass is 439 g/mol. The summed E-state index contributed by atoms with van der Waals surface area (Å²) in [5.74, 6) is -2.78. The maximum Gasteiger partial charge on any atom is 0.405 e. The number of amides is 1. The number of nitrogens with one attached hydrogen (secondary N) is 2. The summed E-state index contributed by atoms with van der Waals surface area (Å²) < 4.78 is 67.1. The largest absolute Gasteiger partial charge is 0.405 e. The maximum absolute atomic E-state index is 14.2. The Hall–Kier alpha value is -1.94. The molecule has 0 spiro atoms. The van der Waals surface area contributed by atoms with Crippen LogP contribution in [0.3, 0.4) is 0 Å². The number of benzene rings is 1. The van der Waals surface area contributed by atoms with Gasteiger partial charge in [-0.05, 0) is 37.2 Å². The average Bonchev–Trinajstić information content (AvgIpc) is 3.15. The van der Waals surface area contributed by atoms with Crippen molar-refractivity contribution in [2.45, 2.75) is 37.9 Å². The smallest absolute Gasteiger partial charge is 0.347 e. The zero-order valence-corrected chi connectivity index (χ0v) is 15.9. The summed E-state index contributed by atoms with van der Waals surface area (Å²) in [5, 5.41) is 1.60. The van der Waals surface area contributed by atoms with Crippen molar-refractivity contribution < 1.29 is 26.7 Å². The quantitative estimate of drug-likeness (QED) is 0.411. The molecule has 2 heterocycles. The molecule has 1 unspecified atom stereocenters. The highest BCUT2D eigenvalue weighted by Gasteiger charge is 2.31. The lowest BCUT2D eigenvalue weighted by atomic mass is 9.93. The van der Waals surface area contributed by atoms with E-state index in [1.807, 2.05) is 0 Å². The van der Waals surface area contributed by atoms with Crippen LogP contribution in [0.15, 0.2) is 12.1 Å². The van der Waals surface area contributed by atoms with Gasteiger partial charge in [-0.1, -0.05) is 11.6 Å². The van der Waals surface area contributed by atoms with E-state index < -0.39 is 30.3 Å². The number of aromatic nitrogens is 2. The van der Waals surface area contributed by atoms with E-state index >= 15 is 0 Å². The minimum atomic E-state index is -4.52. The van der Waals surface area contributed by atoms with E-state index in [0.29, 0.717) is 29.1 Å². The fourth-order valence-corrected chi connectivity index (χ4v) is 3.89. The second kappa shape index (κ2) is 7.82. The molecule has 0 saturated heterocycles. The third kappa shape index (κ3) is 4.38. The first kappa shape index (κ1) is 20.8. The van der Waals surface area contributed by atoms with Crippen LogP contribution in [0, 0.1) is 16.4 Å². The van der Waals surface area contributed by atoms with Gasteiger partial charge in [0, 0.05) is 29.4 Å². The van der Waals surface area contributed by atoms with Gasteiger partial charge in [-0.2, -0.15) is 13.2 Å². The Bertz CT molecular complexity index is 969. The summed E-state index contributed by atoms with van der Waals surface area (Å²) in [5.41, 5.74) is 0.742. The van der Waals surface area contributed by atoms with Crippen molar-refractivity contribution >= 4 is 29.7 Å². The average molecular weight is 440 g/mol. The van der Waals surface area contributed by atoms with Crippen LogP contribution >= 0.6 is 23.8 Å². The van der Waals surface area contributed by atoms with Crippen LogP contribution in [-0.4, -0.2) is 28.2 Å². The van der Waals surface area contributed by atoms with E-state index in [4.69, 9.17) is 23.8 Å². The molecule has 28 heavy (non-hydrogen) atoms. The lowest BCUT2D eigenvalue weighted by Crippen LogP contribution is -2.34. The molecule has 0 aliphatic carbocycles. The Labute approximate surface area is 166 Å². The first-order valence-corrected chi connectivity index (χ1v) is 9.13. The van der Waals surface area contributed by atoms with Crippen molar-refractivity contribution in [1.82, 2.24) is 14.9 Å². The SMILES string of the molecule is O=C(Cc1[nH]c(=S)n2c1C(Cc1c(F)ccc(Cl)c1F)CC2)NCC(F)(F)F. The number of halogens is 6. The van der Waals surface area contributed by atoms with Crippen LogP contribution in [0.5, 0.6) is 0 Å². The molecule has 1 atom stereocenters. The zero-order chi connectivity index (χ0) is 20.6. The van der Waals surface area contributed by atoms with Gasteiger partial charge in [0.25, 0.3) is 0 Å². The Balaban J connectivity index is 1.83. The summed E-state index contributed by atoms with van der Waals surface area (Å²) in [6.45, 7) is -0.964. The number of hydrogen-bond donors (Lipinski definition) is 2. The molecule has 152 valence electrons. The molecule has 1 aliphatic heterocycles. The molecule has 0 radical (unpaired) electrons. The van der Waals surface area contributed by atoms with Gasteiger partial charge in [0.05, 0.1) is 11.4 Å². The fourth-order valence-electron chi connectivity index (χ4n) is 3.40. The van der Waals surface area contributed by atoms with E-state index in [9.17, 15) is 26.7 Å². The van der Waals surface area contributed by atoms with E-state index in [0.717, 1.165) is 12.1 Å². The lowest BCUT2D eigenvalue weighted by Gasteiger charge is -2.14. The molecular formula is C17H15ClF5N3OS. The van der Waals surface area contributed by atoms with Gasteiger partial charge >= 0.3 is 6.18 Å². The highest BCUT2D eigenvalue weighted by atomic mass is 35.5. The molecule has 0 fully saturated rings. The molecule has 1 aromatic carbocycles. The molecule has 1 aromatic heterocycles. The standard InChI is InChI=1S/C17H15ClF5N3OS/c18-10-1-2-11(19)9(14(10)20)5-8-3-4-26-15(8)12(25-16(26)28)6-13(27)24-7-17(21,22)23/h1-2,8H,3-7H2,(H,24,27)(H,25,28). The predicted octanol–water partition coefficient (Wildman–Crippen LogP) is 4.43. The van der Waals surface area contributed by atoms with E-state index in [1.165, 1.54) is 0 Å². The summed E-state index contributed by atoms with van der Waals surface area (Å²) in [7, 11) is 0. The summed E-state index contributed by atoms with van der Waals surface area (Å²) in [6.07, 6.45) is -4.35. The van der Waals surface area contributed by atoms with Crippen LogP contribution in [0.1, 0.15) is 29.3 Å². The van der Waals surface area contributed by atoms with Gasteiger partial charge in [0.2, 0.25) is 5.91 Å². The highest BCUT2D eigenvalue weighted by molar-refractivity contribution is 7.71. The first-order chi connectivity index (χ1) is 13.1. The third-order valence-corrected chi connectivity index (χ3v) is 5.22. The number of nitrogens with zero attached hydrogens (tertiary/aromatic N) is 1. The Morgan fingerprint density at radius 2 is 2.07 bits per heavy atom. The number of carbonyl (C=O) groups excluding carboxylic acids is 1. The molecule has 11 heteroatoms. The van der Waals surface area contributed by atoms with Crippen molar-refractivity contribution in [3.8, 4) is 0 Å². The Morgan fingerprint density at radius 1 is 1.36 bits per heavy atom. The number of hydrogen-bond acceptors (Lipinski definition) is 2. The van der Waals surface area contributed by atoms with Crippen molar-refractivity contribution in [3.05, 3.63) is 50.5 Å². The van der Waals surface area contributed by atoms with Crippen LogP contribution in [0.25, 0.3) is 0 Å². The maximum atomic E-state index is 14.2. The molecule has 0 bridgehead atoms. The number of carbonyl (C=O) groups is 1. The van der Waals surface area contributed by atoms with Crippen LogP contribution in [0.2, 0.25) is 5.02 Å². The van der Waals surface area contributed by atoms with Crippen LogP contribution in [0.4, 0.5) is 22.0 Å². The number of rotatable bonds is 5. The summed E-state index contributed by atoms with van der Waals surface area (Å²) >= 11 is 10.9. The topological polar surface area (TPSA) is 49.8 Å². The Morgan fingerprint density at radius 3 is 2.75 bits per heavy atom. The van der Waals surface area contributed by atoms with Crippen molar-refractivity contribution in [1.29, 1.82) is 0 Å². The molecule has 3 rings (SSSR count). The number of fused-ring (bicyclic) bond motifs is 1. The molecule has 1 amide bonds. The van der Waals surface area contributed by atoms with Gasteiger partial charge in [-0.25, -0.2) is 8.78 Å². The minimum absolute atomic E-state index is 0.0119. The van der Waals surface area contributed by atoms with Gasteiger partial charge in [0.15, 0.2) is 4.77 Å². The predicted molar refractivity (Wildman–Crippen MR) is 94.8 cm³/mol. The van der Waals surface area contributed by atoms with Crippen molar-refractivity contribution in [3.63, 3.8) is 0 Å².